The molecular weight excluding hydrogens is 414 g/mol. The van der Waals surface area contributed by atoms with Gasteiger partial charge in [-0.15, -0.1) is 11.6 Å². The Morgan fingerprint density at radius 1 is 1.34 bits per heavy atom. The van der Waals surface area contributed by atoms with E-state index in [1.165, 1.54) is 29.2 Å². The predicted molar refractivity (Wildman–Crippen MR) is 101 cm³/mol. The molecule has 0 spiro atoms. The third-order valence-corrected chi connectivity index (χ3v) is 4.58. The number of hydrogen-bond donors (Lipinski definition) is 1. The third-order valence-electron chi connectivity index (χ3n) is 4.36. The number of fused-ring (bicyclic) bond motifs is 1. The molecule has 29 heavy (non-hydrogen) atoms. The molecule has 1 aromatic carbocycles. The van der Waals surface area contributed by atoms with E-state index in [1.807, 2.05) is 0 Å². The molecule has 156 valence electrons. The van der Waals surface area contributed by atoms with Crippen LogP contribution in [-0.4, -0.2) is 42.1 Å². The number of benzene rings is 1. The molecule has 5 nitrogen and oxygen atoms in total. The summed E-state index contributed by atoms with van der Waals surface area (Å²) < 4.78 is 56.9. The number of hydrogen-bond acceptors (Lipinski definition) is 4. The summed E-state index contributed by atoms with van der Waals surface area (Å²) in [6.45, 7) is 0.622. The van der Waals surface area contributed by atoms with Crippen molar-refractivity contribution in [1.29, 1.82) is 0 Å². The molecule has 1 amide bonds. The number of anilines is 2. The molecule has 0 fully saturated rings. The van der Waals surface area contributed by atoms with Crippen molar-refractivity contribution in [3.05, 3.63) is 47.3 Å². The Morgan fingerprint density at radius 3 is 2.66 bits per heavy atom. The Kier molecular flexibility index (Phi) is 6.16. The largest absolute Gasteiger partial charge is 0.474 e. The van der Waals surface area contributed by atoms with Crippen LogP contribution in [0.1, 0.15) is 18.1 Å². The highest BCUT2D eigenvalue weighted by Crippen LogP contribution is 2.37. The van der Waals surface area contributed by atoms with Crippen LogP contribution < -0.4 is 15.0 Å². The van der Waals surface area contributed by atoms with Crippen LogP contribution in [0.25, 0.3) is 0 Å². The van der Waals surface area contributed by atoms with Gasteiger partial charge in [-0.3, -0.25) is 4.79 Å². The molecule has 1 aromatic heterocycles. The lowest BCUT2D eigenvalue weighted by molar-refractivity contribution is -0.117. The van der Waals surface area contributed by atoms with Gasteiger partial charge in [0, 0.05) is 12.0 Å². The van der Waals surface area contributed by atoms with Gasteiger partial charge in [0.15, 0.2) is 0 Å². The van der Waals surface area contributed by atoms with Crippen LogP contribution in [0.2, 0.25) is 0 Å². The second-order valence-corrected chi connectivity index (χ2v) is 6.92. The van der Waals surface area contributed by atoms with Crippen LogP contribution in [0.4, 0.5) is 29.1 Å². The van der Waals surface area contributed by atoms with E-state index in [2.05, 4.69) is 10.3 Å². The Morgan fingerprint density at radius 2 is 2.03 bits per heavy atom. The first-order valence-electron chi connectivity index (χ1n) is 8.77. The smallest absolute Gasteiger partial charge is 0.405 e. The van der Waals surface area contributed by atoms with Crippen molar-refractivity contribution in [1.82, 2.24) is 4.98 Å². The van der Waals surface area contributed by atoms with Crippen LogP contribution in [0.15, 0.2) is 30.3 Å². The maximum absolute atomic E-state index is 13.2. The fourth-order valence-electron chi connectivity index (χ4n) is 3.05. The van der Waals surface area contributed by atoms with E-state index < -0.39 is 18.5 Å². The predicted octanol–water partition coefficient (Wildman–Crippen LogP) is 4.14. The summed E-state index contributed by atoms with van der Waals surface area (Å²) in [5, 5.41) is 2.28. The average Bonchev–Trinajstić information content (AvgIpc) is 2.67. The molecule has 1 atom stereocenters. The van der Waals surface area contributed by atoms with E-state index in [0.29, 0.717) is 16.8 Å². The molecule has 0 aliphatic carbocycles. The normalized spacial score (nSPS) is 16.2. The molecule has 0 saturated heterocycles. The van der Waals surface area contributed by atoms with Crippen LogP contribution in [0, 0.1) is 5.82 Å². The summed E-state index contributed by atoms with van der Waals surface area (Å²) in [6, 6.07) is 6.83. The number of halogens is 5. The number of carbonyl (C=O) groups is 1. The SMILES string of the molecule is C[C@H]1COc2nc(NCC(F)(F)F)c(Cc3ccc(F)cc3)cc2N1C(=O)CCl. The van der Waals surface area contributed by atoms with Crippen molar-refractivity contribution in [3.8, 4) is 5.88 Å². The van der Waals surface area contributed by atoms with Crippen molar-refractivity contribution in [2.45, 2.75) is 25.6 Å². The van der Waals surface area contributed by atoms with Gasteiger partial charge in [0.25, 0.3) is 0 Å². The standard InChI is InChI=1S/C19H18ClF4N3O2/c1-11-9-29-18-15(27(11)16(28)8-20)7-13(6-12-2-4-14(21)5-3-12)17(26-18)25-10-19(22,23)24/h2-5,7,11H,6,8-10H2,1H3,(H,25,26)/t11-/m0/s1. The molecule has 0 bridgehead atoms. The number of rotatable bonds is 5. The van der Waals surface area contributed by atoms with Gasteiger partial charge in [0.2, 0.25) is 11.8 Å². The molecule has 1 aliphatic heterocycles. The van der Waals surface area contributed by atoms with E-state index in [-0.39, 0.29) is 42.6 Å². The maximum atomic E-state index is 13.2. The third kappa shape index (κ3) is 5.09. The van der Waals surface area contributed by atoms with Crippen LogP contribution in [0.5, 0.6) is 5.88 Å². The van der Waals surface area contributed by atoms with E-state index in [1.54, 1.807) is 13.0 Å². The number of nitrogens with zero attached hydrogens (tertiary/aromatic N) is 2. The lowest BCUT2D eigenvalue weighted by atomic mass is 10.0. The molecule has 1 N–H and O–H groups in total. The summed E-state index contributed by atoms with van der Waals surface area (Å²) in [4.78, 5) is 17.9. The number of alkyl halides is 4. The molecule has 2 aromatic rings. The minimum Gasteiger partial charge on any atom is -0.474 e. The molecule has 0 saturated carbocycles. The van der Waals surface area contributed by atoms with E-state index in [9.17, 15) is 22.4 Å². The Hall–Kier alpha value is -2.55. The summed E-state index contributed by atoms with van der Waals surface area (Å²) in [5.41, 5.74) is 1.41. The first-order chi connectivity index (χ1) is 13.7. The fraction of sp³-hybridized carbons (Fsp3) is 0.368. The van der Waals surface area contributed by atoms with E-state index >= 15 is 0 Å². The van der Waals surface area contributed by atoms with Crippen LogP contribution in [0.3, 0.4) is 0 Å². The second kappa shape index (κ2) is 8.44. The monoisotopic (exact) mass is 431 g/mol. The molecule has 1 aliphatic rings. The zero-order valence-electron chi connectivity index (χ0n) is 15.4. The van der Waals surface area contributed by atoms with Crippen molar-refractivity contribution in [2.24, 2.45) is 0 Å². The van der Waals surface area contributed by atoms with E-state index in [0.717, 1.165) is 0 Å². The van der Waals surface area contributed by atoms with Gasteiger partial charge in [0.05, 0.1) is 6.04 Å². The lowest BCUT2D eigenvalue weighted by Crippen LogP contribution is -2.46. The van der Waals surface area contributed by atoms with Crippen molar-refractivity contribution < 1.29 is 27.1 Å². The Labute approximate surface area is 169 Å². The number of nitrogens with one attached hydrogen (secondary N) is 1. The molecule has 3 rings (SSSR count). The van der Waals surface area contributed by atoms with Crippen molar-refractivity contribution in [2.75, 3.05) is 29.2 Å². The maximum Gasteiger partial charge on any atom is 0.405 e. The average molecular weight is 432 g/mol. The minimum atomic E-state index is -4.44. The van der Waals surface area contributed by atoms with Gasteiger partial charge in [-0.25, -0.2) is 4.39 Å². The van der Waals surface area contributed by atoms with Crippen LogP contribution in [-0.2, 0) is 11.2 Å². The summed E-state index contributed by atoms with van der Waals surface area (Å²) in [6.07, 6.45) is -4.27. The van der Waals surface area contributed by atoms with Crippen LogP contribution >= 0.6 is 11.6 Å². The number of aromatic nitrogens is 1. The number of carbonyl (C=O) groups excluding carboxylic acids is 1. The van der Waals surface area contributed by atoms with Crippen molar-refractivity contribution >= 4 is 29.0 Å². The molecule has 2 heterocycles. The summed E-state index contributed by atoms with van der Waals surface area (Å²) in [5.74, 6) is -1.01. The Balaban J connectivity index is 2.03. The zero-order valence-corrected chi connectivity index (χ0v) is 16.1. The Bertz CT molecular complexity index is 890. The summed E-state index contributed by atoms with van der Waals surface area (Å²) >= 11 is 5.71. The first kappa shape index (κ1) is 21.2. The number of amides is 1. The summed E-state index contributed by atoms with van der Waals surface area (Å²) in [7, 11) is 0. The fourth-order valence-corrected chi connectivity index (χ4v) is 3.18. The van der Waals surface area contributed by atoms with Gasteiger partial charge in [-0.1, -0.05) is 12.1 Å². The lowest BCUT2D eigenvalue weighted by Gasteiger charge is -2.34. The van der Waals surface area contributed by atoms with Gasteiger partial charge >= 0.3 is 6.18 Å². The highest BCUT2D eigenvalue weighted by Gasteiger charge is 2.32. The second-order valence-electron chi connectivity index (χ2n) is 6.65. The zero-order chi connectivity index (χ0) is 21.2. The van der Waals surface area contributed by atoms with Gasteiger partial charge < -0.3 is 15.0 Å². The van der Waals surface area contributed by atoms with Crippen molar-refractivity contribution in [3.63, 3.8) is 0 Å². The first-order valence-corrected chi connectivity index (χ1v) is 9.31. The molecular formula is C19H18ClF4N3O2. The molecule has 0 unspecified atom stereocenters. The van der Waals surface area contributed by atoms with Gasteiger partial charge in [0.1, 0.15) is 36.4 Å². The highest BCUT2D eigenvalue weighted by molar-refractivity contribution is 6.29. The quantitative estimate of drug-likeness (QED) is 0.571. The molecule has 10 heteroatoms. The van der Waals surface area contributed by atoms with Gasteiger partial charge in [-0.2, -0.15) is 18.2 Å². The number of pyridine rings is 1. The molecule has 0 radical (unpaired) electrons. The van der Waals surface area contributed by atoms with Gasteiger partial charge in [-0.05, 0) is 30.7 Å². The highest BCUT2D eigenvalue weighted by atomic mass is 35.5. The van der Waals surface area contributed by atoms with E-state index in [4.69, 9.17) is 16.3 Å². The topological polar surface area (TPSA) is 54.5 Å². The number of ether oxygens (including phenoxy) is 1. The minimum absolute atomic E-state index is 0.0155.